The maximum atomic E-state index is 6.44. The van der Waals surface area contributed by atoms with Crippen molar-refractivity contribution in [1.82, 2.24) is 15.1 Å². The average molecular weight is 354 g/mol. The summed E-state index contributed by atoms with van der Waals surface area (Å²) < 4.78 is 5.54. The fourth-order valence-corrected chi connectivity index (χ4v) is 4.59. The molecule has 2 aromatic heterocycles. The molecule has 25 heavy (non-hydrogen) atoms. The number of hydrogen-bond donors (Lipinski definition) is 1. The molecule has 130 valence electrons. The van der Waals surface area contributed by atoms with Gasteiger partial charge in [0.2, 0.25) is 0 Å². The van der Waals surface area contributed by atoms with Crippen molar-refractivity contribution < 1.29 is 4.52 Å². The minimum atomic E-state index is -0.434. The summed E-state index contributed by atoms with van der Waals surface area (Å²) >= 11 is 1.59. The van der Waals surface area contributed by atoms with E-state index in [1.165, 1.54) is 11.1 Å². The molecule has 1 aromatic carbocycles. The monoisotopic (exact) mass is 354 g/mol. The van der Waals surface area contributed by atoms with E-state index in [9.17, 15) is 0 Å². The zero-order valence-electron chi connectivity index (χ0n) is 14.8. The largest absolute Gasteiger partial charge is 0.333 e. The van der Waals surface area contributed by atoms with Crippen molar-refractivity contribution in [2.75, 3.05) is 0 Å². The SMILES string of the molecule is Cc1ccc(-c2nc(C)c(-c3nc(C4(N)CCCC4)no3)s2)c(C)c1. The summed E-state index contributed by atoms with van der Waals surface area (Å²) in [4.78, 5) is 10.3. The smallest absolute Gasteiger partial charge is 0.270 e. The first-order chi connectivity index (χ1) is 12.0. The number of thiazole rings is 1. The van der Waals surface area contributed by atoms with Gasteiger partial charge in [-0.15, -0.1) is 11.3 Å². The molecule has 0 radical (unpaired) electrons. The van der Waals surface area contributed by atoms with Gasteiger partial charge < -0.3 is 10.3 Å². The Labute approximate surface area is 151 Å². The lowest BCUT2D eigenvalue weighted by Gasteiger charge is -2.17. The second kappa shape index (κ2) is 6.04. The minimum Gasteiger partial charge on any atom is -0.333 e. The second-order valence-electron chi connectivity index (χ2n) is 7.04. The van der Waals surface area contributed by atoms with Crippen molar-refractivity contribution in [3.05, 3.63) is 40.8 Å². The first-order valence-electron chi connectivity index (χ1n) is 8.65. The van der Waals surface area contributed by atoms with Gasteiger partial charge in [-0.2, -0.15) is 4.98 Å². The van der Waals surface area contributed by atoms with E-state index in [-0.39, 0.29) is 0 Å². The summed E-state index contributed by atoms with van der Waals surface area (Å²) in [5.41, 5.74) is 10.5. The zero-order chi connectivity index (χ0) is 17.6. The minimum absolute atomic E-state index is 0.434. The molecule has 2 heterocycles. The second-order valence-corrected chi connectivity index (χ2v) is 8.04. The van der Waals surface area contributed by atoms with E-state index in [1.807, 2.05) is 6.92 Å². The number of nitrogens with two attached hydrogens (primary N) is 1. The molecule has 2 N–H and O–H groups in total. The number of aryl methyl sites for hydroxylation is 3. The predicted octanol–water partition coefficient (Wildman–Crippen LogP) is 4.51. The van der Waals surface area contributed by atoms with Crippen LogP contribution in [-0.4, -0.2) is 15.1 Å². The van der Waals surface area contributed by atoms with Crippen LogP contribution in [0.3, 0.4) is 0 Å². The van der Waals surface area contributed by atoms with Gasteiger partial charge in [0.05, 0.1) is 11.2 Å². The maximum absolute atomic E-state index is 6.44. The molecular weight excluding hydrogens is 332 g/mol. The Morgan fingerprint density at radius 2 is 1.88 bits per heavy atom. The van der Waals surface area contributed by atoms with Crippen LogP contribution in [0.2, 0.25) is 0 Å². The molecule has 6 heteroatoms. The Morgan fingerprint density at radius 3 is 2.60 bits per heavy atom. The third-order valence-electron chi connectivity index (χ3n) is 4.97. The quantitative estimate of drug-likeness (QED) is 0.748. The molecule has 5 nitrogen and oxygen atoms in total. The summed E-state index contributed by atoms with van der Waals surface area (Å²) in [6, 6.07) is 6.41. The summed E-state index contributed by atoms with van der Waals surface area (Å²) in [5, 5.41) is 5.15. The van der Waals surface area contributed by atoms with Gasteiger partial charge in [-0.05, 0) is 39.2 Å². The lowest BCUT2D eigenvalue weighted by molar-refractivity contribution is 0.373. The van der Waals surface area contributed by atoms with E-state index in [1.54, 1.807) is 11.3 Å². The number of nitrogens with zero attached hydrogens (tertiary/aromatic N) is 3. The van der Waals surface area contributed by atoms with Gasteiger partial charge in [-0.1, -0.05) is 41.8 Å². The Bertz CT molecular complexity index is 921. The van der Waals surface area contributed by atoms with Gasteiger partial charge in [0, 0.05) is 5.56 Å². The van der Waals surface area contributed by atoms with E-state index in [4.69, 9.17) is 15.2 Å². The third kappa shape index (κ3) is 2.89. The van der Waals surface area contributed by atoms with Crippen LogP contribution >= 0.6 is 11.3 Å². The van der Waals surface area contributed by atoms with E-state index in [2.05, 4.69) is 42.2 Å². The summed E-state index contributed by atoms with van der Waals surface area (Å²) in [6.45, 7) is 6.19. The van der Waals surface area contributed by atoms with Crippen LogP contribution in [0.25, 0.3) is 21.3 Å². The van der Waals surface area contributed by atoms with Crippen LogP contribution in [0.15, 0.2) is 22.7 Å². The first kappa shape index (κ1) is 16.4. The zero-order valence-corrected chi connectivity index (χ0v) is 15.6. The van der Waals surface area contributed by atoms with Crippen LogP contribution in [0.4, 0.5) is 0 Å². The van der Waals surface area contributed by atoms with E-state index in [0.29, 0.717) is 11.7 Å². The van der Waals surface area contributed by atoms with Gasteiger partial charge >= 0.3 is 0 Å². The summed E-state index contributed by atoms with van der Waals surface area (Å²) in [7, 11) is 0. The van der Waals surface area contributed by atoms with Crippen LogP contribution < -0.4 is 5.73 Å². The topological polar surface area (TPSA) is 77.8 Å². The van der Waals surface area contributed by atoms with Crippen molar-refractivity contribution in [2.24, 2.45) is 5.73 Å². The predicted molar refractivity (Wildman–Crippen MR) is 99.4 cm³/mol. The molecule has 0 bridgehead atoms. The van der Waals surface area contributed by atoms with Crippen LogP contribution in [-0.2, 0) is 5.54 Å². The van der Waals surface area contributed by atoms with Gasteiger partial charge in [0.1, 0.15) is 9.88 Å². The first-order valence-corrected chi connectivity index (χ1v) is 9.46. The van der Waals surface area contributed by atoms with Gasteiger partial charge in [-0.3, -0.25) is 0 Å². The lowest BCUT2D eigenvalue weighted by atomic mass is 9.99. The molecule has 1 aliphatic carbocycles. The van der Waals surface area contributed by atoms with Crippen molar-refractivity contribution in [3.63, 3.8) is 0 Å². The van der Waals surface area contributed by atoms with Crippen LogP contribution in [0.5, 0.6) is 0 Å². The molecule has 1 aliphatic rings. The highest BCUT2D eigenvalue weighted by Crippen LogP contribution is 2.38. The Kier molecular flexibility index (Phi) is 3.96. The van der Waals surface area contributed by atoms with E-state index >= 15 is 0 Å². The normalized spacial score (nSPS) is 16.5. The van der Waals surface area contributed by atoms with Crippen molar-refractivity contribution >= 4 is 11.3 Å². The molecule has 0 aliphatic heterocycles. The Hall–Kier alpha value is -2.05. The highest BCUT2D eigenvalue weighted by molar-refractivity contribution is 7.18. The van der Waals surface area contributed by atoms with Crippen molar-refractivity contribution in [3.8, 4) is 21.3 Å². The molecular formula is C19H22N4OS. The molecule has 0 saturated heterocycles. The fourth-order valence-electron chi connectivity index (χ4n) is 3.51. The van der Waals surface area contributed by atoms with E-state index < -0.39 is 5.54 Å². The van der Waals surface area contributed by atoms with Crippen molar-refractivity contribution in [1.29, 1.82) is 0 Å². The van der Waals surface area contributed by atoms with Crippen molar-refractivity contribution in [2.45, 2.75) is 52.0 Å². The fraction of sp³-hybridized carbons (Fsp3) is 0.421. The lowest BCUT2D eigenvalue weighted by Crippen LogP contribution is -2.34. The third-order valence-corrected chi connectivity index (χ3v) is 6.15. The van der Waals surface area contributed by atoms with Gasteiger partial charge in [0.25, 0.3) is 5.89 Å². The number of benzene rings is 1. The number of rotatable bonds is 3. The Balaban J connectivity index is 1.70. The van der Waals surface area contributed by atoms with Crippen LogP contribution in [0.1, 0.15) is 48.3 Å². The molecule has 1 saturated carbocycles. The standard InChI is InChI=1S/C19H22N4OS/c1-11-6-7-14(12(2)10-11)17-21-13(3)15(25-17)16-22-18(23-24-16)19(20)8-4-5-9-19/h6-7,10H,4-5,8-9,20H2,1-3H3. The van der Waals surface area contributed by atoms with E-state index in [0.717, 1.165) is 46.8 Å². The highest BCUT2D eigenvalue weighted by atomic mass is 32.1. The average Bonchev–Trinajstić information content (AvgIpc) is 3.27. The van der Waals surface area contributed by atoms with Gasteiger partial charge in [-0.25, -0.2) is 4.98 Å². The molecule has 3 aromatic rings. The summed E-state index contributed by atoms with van der Waals surface area (Å²) in [6.07, 6.45) is 4.08. The Morgan fingerprint density at radius 1 is 1.12 bits per heavy atom. The number of hydrogen-bond acceptors (Lipinski definition) is 6. The summed E-state index contributed by atoms with van der Waals surface area (Å²) in [5.74, 6) is 1.15. The maximum Gasteiger partial charge on any atom is 0.270 e. The molecule has 0 spiro atoms. The van der Waals surface area contributed by atoms with Crippen LogP contribution in [0, 0.1) is 20.8 Å². The van der Waals surface area contributed by atoms with Gasteiger partial charge in [0.15, 0.2) is 5.82 Å². The molecule has 0 atom stereocenters. The molecule has 1 fully saturated rings. The molecule has 4 rings (SSSR count). The highest BCUT2D eigenvalue weighted by Gasteiger charge is 2.36. The molecule has 0 unspecified atom stereocenters. The number of aromatic nitrogens is 3. The molecule has 0 amide bonds.